The van der Waals surface area contributed by atoms with Gasteiger partial charge < -0.3 is 9.80 Å². The van der Waals surface area contributed by atoms with Gasteiger partial charge in [-0.05, 0) is 124 Å². The number of benzene rings is 8. The highest BCUT2D eigenvalue weighted by Gasteiger charge is 2.30. The van der Waals surface area contributed by atoms with Crippen molar-refractivity contribution in [3.63, 3.8) is 0 Å². The number of anilines is 4. The summed E-state index contributed by atoms with van der Waals surface area (Å²) in [5.41, 5.74) is 18.4. The molecule has 2 heteroatoms. The molecule has 0 saturated carbocycles. The molecule has 3 aliphatic carbocycles. The monoisotopic (exact) mass is 874 g/mol. The Hall–Kier alpha value is -8.20. The van der Waals surface area contributed by atoms with Crippen molar-refractivity contribution in [1.82, 2.24) is 0 Å². The van der Waals surface area contributed by atoms with Crippen molar-refractivity contribution in [1.29, 1.82) is 0 Å². The van der Waals surface area contributed by atoms with Crippen LogP contribution in [-0.2, 0) is 0 Å². The molecule has 3 aliphatic rings. The summed E-state index contributed by atoms with van der Waals surface area (Å²) in [5.74, 6) is 0.687. The van der Waals surface area contributed by atoms with Crippen molar-refractivity contribution >= 4 is 22.7 Å². The molecule has 0 spiro atoms. The third-order valence-corrected chi connectivity index (χ3v) is 13.7. The van der Waals surface area contributed by atoms with Crippen LogP contribution in [0.4, 0.5) is 22.7 Å². The summed E-state index contributed by atoms with van der Waals surface area (Å²) in [5, 5.41) is 0. The average Bonchev–Trinajstić information content (AvgIpc) is 3.43. The van der Waals surface area contributed by atoms with Crippen LogP contribution in [0.1, 0.15) is 42.2 Å². The van der Waals surface area contributed by atoms with Crippen LogP contribution in [0.2, 0.25) is 0 Å². The van der Waals surface area contributed by atoms with E-state index in [9.17, 15) is 0 Å². The van der Waals surface area contributed by atoms with Crippen LogP contribution < -0.4 is 9.80 Å². The van der Waals surface area contributed by atoms with Gasteiger partial charge in [0.2, 0.25) is 0 Å². The van der Waals surface area contributed by atoms with E-state index in [-0.39, 0.29) is 11.8 Å². The highest BCUT2D eigenvalue weighted by molar-refractivity contribution is 5.82. The molecule has 0 aliphatic heterocycles. The zero-order chi connectivity index (χ0) is 45.5. The Morgan fingerprint density at radius 1 is 0.382 bits per heavy atom. The number of nitrogens with zero attached hydrogens (tertiary/aromatic N) is 2. The van der Waals surface area contributed by atoms with Crippen LogP contribution in [0.25, 0.3) is 33.4 Å². The van der Waals surface area contributed by atoms with Gasteiger partial charge in [-0.15, -0.1) is 0 Å². The molecule has 3 unspecified atom stereocenters. The SMILES string of the molecule is C1=CCC(C2=CC(c3ccccc3N(c3ccc(-c4ccccc4)cc3)c3ccc(-c4ccccc4)cc3)CC=C2)C(N(C2=CCC(c3ccccc3)C=C2)c2ccc(-c3ccccc3)cc2)=C1. The molecular weight excluding hydrogens is 821 g/mol. The second-order valence-electron chi connectivity index (χ2n) is 17.9. The van der Waals surface area contributed by atoms with Gasteiger partial charge in [0.15, 0.2) is 0 Å². The Morgan fingerprint density at radius 2 is 0.868 bits per heavy atom. The number of rotatable bonds is 12. The zero-order valence-electron chi connectivity index (χ0n) is 38.2. The smallest absolute Gasteiger partial charge is 0.0499 e. The van der Waals surface area contributed by atoms with Crippen LogP contribution in [0.15, 0.2) is 290 Å². The molecule has 0 N–H and O–H groups in total. The second kappa shape index (κ2) is 19.7. The van der Waals surface area contributed by atoms with E-state index in [1.807, 2.05) is 0 Å². The molecule has 3 atom stereocenters. The molecule has 0 bridgehead atoms. The summed E-state index contributed by atoms with van der Waals surface area (Å²) in [4.78, 5) is 4.97. The topological polar surface area (TPSA) is 6.48 Å². The number of hydrogen-bond acceptors (Lipinski definition) is 2. The third kappa shape index (κ3) is 9.02. The van der Waals surface area contributed by atoms with Gasteiger partial charge in [0.1, 0.15) is 0 Å². The van der Waals surface area contributed by atoms with Crippen molar-refractivity contribution in [2.24, 2.45) is 5.92 Å². The molecule has 68 heavy (non-hydrogen) atoms. The lowest BCUT2D eigenvalue weighted by molar-refractivity contribution is 0.685. The summed E-state index contributed by atoms with van der Waals surface area (Å²) in [6.07, 6.45) is 24.3. The summed E-state index contributed by atoms with van der Waals surface area (Å²) in [7, 11) is 0. The first kappa shape index (κ1) is 42.4. The Balaban J connectivity index is 0.956. The van der Waals surface area contributed by atoms with Crippen LogP contribution in [0, 0.1) is 5.92 Å². The van der Waals surface area contributed by atoms with E-state index in [4.69, 9.17) is 0 Å². The van der Waals surface area contributed by atoms with Crippen LogP contribution in [-0.4, -0.2) is 0 Å². The Morgan fingerprint density at radius 3 is 1.40 bits per heavy atom. The molecule has 0 aromatic heterocycles. The van der Waals surface area contributed by atoms with E-state index in [2.05, 4.69) is 283 Å². The molecule has 11 rings (SSSR count). The maximum Gasteiger partial charge on any atom is 0.0499 e. The molecule has 8 aromatic rings. The van der Waals surface area contributed by atoms with Gasteiger partial charge in [-0.2, -0.15) is 0 Å². The molecule has 0 heterocycles. The van der Waals surface area contributed by atoms with E-state index in [0.717, 1.165) is 30.6 Å². The van der Waals surface area contributed by atoms with Gasteiger partial charge in [-0.1, -0.05) is 218 Å². The fraction of sp³-hybridized carbons (Fsp3) is 0.0909. The highest BCUT2D eigenvalue weighted by Crippen LogP contribution is 2.46. The first-order valence-electron chi connectivity index (χ1n) is 24.1. The minimum absolute atomic E-state index is 0.160. The lowest BCUT2D eigenvalue weighted by Gasteiger charge is -2.37. The Labute approximate surface area is 402 Å². The number of allylic oxidation sites excluding steroid dienone is 10. The van der Waals surface area contributed by atoms with E-state index >= 15 is 0 Å². The van der Waals surface area contributed by atoms with Crippen molar-refractivity contribution in [2.75, 3.05) is 9.80 Å². The molecule has 0 amide bonds. The summed E-state index contributed by atoms with van der Waals surface area (Å²) in [6, 6.07) is 79.2. The van der Waals surface area contributed by atoms with E-state index in [0.29, 0.717) is 5.92 Å². The van der Waals surface area contributed by atoms with Gasteiger partial charge >= 0.3 is 0 Å². The minimum Gasteiger partial charge on any atom is -0.314 e. The minimum atomic E-state index is 0.160. The van der Waals surface area contributed by atoms with Gasteiger partial charge in [-0.25, -0.2) is 0 Å². The maximum absolute atomic E-state index is 2.57. The molecule has 0 fully saturated rings. The van der Waals surface area contributed by atoms with Crippen LogP contribution in [0.3, 0.4) is 0 Å². The largest absolute Gasteiger partial charge is 0.314 e. The lowest BCUT2D eigenvalue weighted by Crippen LogP contribution is -2.29. The Kier molecular flexibility index (Phi) is 12.3. The van der Waals surface area contributed by atoms with E-state index in [1.54, 1.807) is 0 Å². The number of para-hydroxylation sites is 1. The second-order valence-corrected chi connectivity index (χ2v) is 17.9. The molecule has 2 nitrogen and oxygen atoms in total. The molecule has 0 saturated heterocycles. The molecule has 0 radical (unpaired) electrons. The fourth-order valence-electron chi connectivity index (χ4n) is 10.2. The summed E-state index contributed by atoms with van der Waals surface area (Å²) >= 11 is 0. The van der Waals surface area contributed by atoms with Crippen LogP contribution >= 0.6 is 0 Å². The Bertz CT molecular complexity index is 3070. The van der Waals surface area contributed by atoms with Crippen molar-refractivity contribution in [3.05, 3.63) is 301 Å². The summed E-state index contributed by atoms with van der Waals surface area (Å²) in [6.45, 7) is 0. The number of hydrogen-bond donors (Lipinski definition) is 0. The van der Waals surface area contributed by atoms with Crippen LogP contribution in [0.5, 0.6) is 0 Å². The fourth-order valence-corrected chi connectivity index (χ4v) is 10.2. The predicted molar refractivity (Wildman–Crippen MR) is 287 cm³/mol. The molecule has 8 aromatic carbocycles. The predicted octanol–water partition coefficient (Wildman–Crippen LogP) is 17.7. The van der Waals surface area contributed by atoms with Gasteiger partial charge in [0, 0.05) is 51.9 Å². The van der Waals surface area contributed by atoms with Crippen molar-refractivity contribution in [3.8, 4) is 33.4 Å². The first-order valence-corrected chi connectivity index (χ1v) is 24.1. The van der Waals surface area contributed by atoms with Crippen molar-refractivity contribution < 1.29 is 0 Å². The highest BCUT2D eigenvalue weighted by atomic mass is 15.2. The third-order valence-electron chi connectivity index (χ3n) is 13.7. The van der Waals surface area contributed by atoms with Gasteiger partial charge in [0.25, 0.3) is 0 Å². The average molecular weight is 875 g/mol. The van der Waals surface area contributed by atoms with E-state index in [1.165, 1.54) is 72.8 Å². The normalized spacial score (nSPS) is 17.5. The first-order chi connectivity index (χ1) is 33.7. The zero-order valence-corrected chi connectivity index (χ0v) is 38.2. The molecule has 328 valence electrons. The maximum atomic E-state index is 2.57. The summed E-state index contributed by atoms with van der Waals surface area (Å²) < 4.78 is 0. The quantitative estimate of drug-likeness (QED) is 0.121. The van der Waals surface area contributed by atoms with Gasteiger partial charge in [0.05, 0.1) is 0 Å². The lowest BCUT2D eigenvalue weighted by atomic mass is 9.80. The standard InChI is InChI=1S/C66H54N2/c1-5-18-49(19-6-1)53-32-40-59(41-33-53)67(60-42-34-54(35-43-60)50-20-7-2-8-21-50)65-30-15-13-28-63(65)57-26-17-27-58(48-57)64-29-14-16-31-66(64)68(61-44-36-55(37-45-61)51-22-9-3-10-23-51)62-46-38-56(39-47-62)52-24-11-4-12-25-52/h1-26,29-34,36-48,54,58,63H,27-28,35H2. The van der Waals surface area contributed by atoms with Crippen molar-refractivity contribution in [2.45, 2.75) is 31.1 Å². The van der Waals surface area contributed by atoms with Gasteiger partial charge in [-0.3, -0.25) is 0 Å². The molecular formula is C66H54N2. The van der Waals surface area contributed by atoms with E-state index < -0.39 is 0 Å².